The van der Waals surface area contributed by atoms with Crippen LogP contribution in [0.5, 0.6) is 0 Å². The van der Waals surface area contributed by atoms with Gasteiger partial charge in [-0.05, 0) is 37.7 Å². The molecule has 1 atom stereocenters. The van der Waals surface area contributed by atoms with Crippen LogP contribution < -0.4 is 10.6 Å². The summed E-state index contributed by atoms with van der Waals surface area (Å²) in [6.45, 7) is 9.64. The molecule has 1 aliphatic rings. The number of aromatic nitrogens is 2. The average molecular weight is 454 g/mol. The number of amides is 3. The van der Waals surface area contributed by atoms with Gasteiger partial charge in [0.15, 0.2) is 5.69 Å². The Bertz CT molecular complexity index is 985. The first-order chi connectivity index (χ1) is 15.8. The van der Waals surface area contributed by atoms with Crippen LogP contribution in [-0.2, 0) is 17.8 Å². The molecule has 2 aromatic rings. The minimum Gasteiger partial charge on any atom is -0.354 e. The van der Waals surface area contributed by atoms with Crippen LogP contribution in [0, 0.1) is 5.92 Å². The van der Waals surface area contributed by atoms with Gasteiger partial charge in [-0.2, -0.15) is 0 Å². The zero-order valence-corrected chi connectivity index (χ0v) is 20.1. The van der Waals surface area contributed by atoms with E-state index in [2.05, 4.69) is 29.5 Å². The fourth-order valence-corrected chi connectivity index (χ4v) is 4.14. The van der Waals surface area contributed by atoms with Crippen LogP contribution in [0.4, 0.5) is 0 Å². The van der Waals surface area contributed by atoms with Crippen molar-refractivity contribution < 1.29 is 14.4 Å². The number of benzene rings is 1. The quantitative estimate of drug-likeness (QED) is 0.578. The normalized spacial score (nSPS) is 17.7. The van der Waals surface area contributed by atoms with E-state index in [1.807, 2.05) is 37.3 Å². The van der Waals surface area contributed by atoms with E-state index in [4.69, 9.17) is 0 Å². The molecule has 2 N–H and O–H groups in total. The molecule has 1 aliphatic heterocycles. The van der Waals surface area contributed by atoms with E-state index in [1.54, 1.807) is 16.4 Å². The molecule has 0 fully saturated rings. The minimum atomic E-state index is -1.04. The lowest BCUT2D eigenvalue weighted by molar-refractivity contribution is -0.132. The van der Waals surface area contributed by atoms with Crippen molar-refractivity contribution in [1.82, 2.24) is 25.1 Å². The molecule has 33 heavy (non-hydrogen) atoms. The number of rotatable bonds is 10. The van der Waals surface area contributed by atoms with Crippen molar-refractivity contribution >= 4 is 17.7 Å². The summed E-state index contributed by atoms with van der Waals surface area (Å²) in [5.41, 5.74) is 0.428. The second-order valence-electron chi connectivity index (χ2n) is 9.23. The zero-order valence-electron chi connectivity index (χ0n) is 20.1. The van der Waals surface area contributed by atoms with Crippen LogP contribution >= 0.6 is 0 Å². The number of nitrogens with zero attached hydrogens (tertiary/aromatic N) is 3. The molecule has 0 unspecified atom stereocenters. The molecule has 178 valence electrons. The maximum atomic E-state index is 13.5. The van der Waals surface area contributed by atoms with Crippen molar-refractivity contribution in [2.75, 3.05) is 19.6 Å². The minimum absolute atomic E-state index is 0.108. The van der Waals surface area contributed by atoms with Crippen LogP contribution in [-0.4, -0.2) is 57.3 Å². The second kappa shape index (κ2) is 10.6. The fourth-order valence-electron chi connectivity index (χ4n) is 4.14. The SMILES string of the molecule is CCCN1C(=O)c2c(C(=O)NCCc3ccccc3)ncn2C[C@@]1(C)C(=O)NCCC(C)C. The smallest absolute Gasteiger partial charge is 0.273 e. The Balaban J connectivity index is 1.76. The molecule has 8 nitrogen and oxygen atoms in total. The zero-order chi connectivity index (χ0) is 24.0. The van der Waals surface area contributed by atoms with Gasteiger partial charge in [0.25, 0.3) is 11.8 Å². The van der Waals surface area contributed by atoms with Crippen molar-refractivity contribution in [3.05, 3.63) is 53.6 Å². The van der Waals surface area contributed by atoms with E-state index in [0.29, 0.717) is 38.4 Å². The van der Waals surface area contributed by atoms with Crippen LogP contribution in [0.25, 0.3) is 0 Å². The molecule has 0 aliphatic carbocycles. The molecule has 0 radical (unpaired) electrons. The van der Waals surface area contributed by atoms with Crippen LogP contribution in [0.3, 0.4) is 0 Å². The third-order valence-electron chi connectivity index (χ3n) is 6.06. The van der Waals surface area contributed by atoms with Gasteiger partial charge in [-0.1, -0.05) is 51.1 Å². The van der Waals surface area contributed by atoms with E-state index < -0.39 is 5.54 Å². The Hall–Kier alpha value is -3.16. The lowest BCUT2D eigenvalue weighted by atomic mass is 9.93. The second-order valence-corrected chi connectivity index (χ2v) is 9.23. The predicted octanol–water partition coefficient (Wildman–Crippen LogP) is 2.64. The van der Waals surface area contributed by atoms with Crippen molar-refractivity contribution in [3.8, 4) is 0 Å². The van der Waals surface area contributed by atoms with E-state index in [9.17, 15) is 14.4 Å². The highest BCUT2D eigenvalue weighted by molar-refractivity contribution is 6.07. The van der Waals surface area contributed by atoms with E-state index >= 15 is 0 Å². The average Bonchev–Trinajstić information content (AvgIpc) is 3.20. The first-order valence-corrected chi connectivity index (χ1v) is 11.8. The molecule has 1 aromatic carbocycles. The van der Waals surface area contributed by atoms with Crippen LogP contribution in [0.2, 0.25) is 0 Å². The first-order valence-electron chi connectivity index (χ1n) is 11.8. The molecule has 0 saturated carbocycles. The molecule has 8 heteroatoms. The Morgan fingerprint density at radius 1 is 1.15 bits per heavy atom. The third-order valence-corrected chi connectivity index (χ3v) is 6.06. The number of imidazole rings is 1. The van der Waals surface area contributed by atoms with Gasteiger partial charge in [-0.25, -0.2) is 4.98 Å². The van der Waals surface area contributed by atoms with Gasteiger partial charge >= 0.3 is 0 Å². The number of nitrogens with one attached hydrogen (secondary N) is 2. The van der Waals surface area contributed by atoms with E-state index in [-0.39, 0.29) is 35.7 Å². The molecule has 3 rings (SSSR count). The van der Waals surface area contributed by atoms with E-state index in [0.717, 1.165) is 12.0 Å². The molecule has 3 amide bonds. The maximum absolute atomic E-state index is 13.5. The van der Waals surface area contributed by atoms with Crippen molar-refractivity contribution in [2.24, 2.45) is 5.92 Å². The molecule has 0 saturated heterocycles. The largest absolute Gasteiger partial charge is 0.354 e. The Labute approximate surface area is 195 Å². The lowest BCUT2D eigenvalue weighted by Crippen LogP contribution is -2.64. The Morgan fingerprint density at radius 3 is 2.55 bits per heavy atom. The number of fused-ring (bicyclic) bond motifs is 1. The monoisotopic (exact) mass is 453 g/mol. The lowest BCUT2D eigenvalue weighted by Gasteiger charge is -2.43. The summed E-state index contributed by atoms with van der Waals surface area (Å²) in [5.74, 6) is -0.427. The number of hydrogen-bond acceptors (Lipinski definition) is 4. The van der Waals surface area contributed by atoms with E-state index in [1.165, 1.54) is 6.33 Å². The fraction of sp³-hybridized carbons (Fsp3) is 0.520. The topological polar surface area (TPSA) is 96.3 Å². The number of carbonyl (C=O) groups excluding carboxylic acids is 3. The first kappa shape index (κ1) is 24.5. The molecule has 1 aromatic heterocycles. The summed E-state index contributed by atoms with van der Waals surface area (Å²) >= 11 is 0. The molecular weight excluding hydrogens is 418 g/mol. The number of hydrogen-bond donors (Lipinski definition) is 2. The van der Waals surface area contributed by atoms with Gasteiger partial charge in [-0.3, -0.25) is 14.4 Å². The van der Waals surface area contributed by atoms with Gasteiger partial charge < -0.3 is 20.1 Å². The van der Waals surface area contributed by atoms with Crippen LogP contribution in [0.1, 0.15) is 67.1 Å². The summed E-state index contributed by atoms with van der Waals surface area (Å²) < 4.78 is 1.64. The molecule has 0 spiro atoms. The summed E-state index contributed by atoms with van der Waals surface area (Å²) in [6, 6.07) is 9.87. The highest BCUT2D eigenvalue weighted by Crippen LogP contribution is 2.29. The highest BCUT2D eigenvalue weighted by atomic mass is 16.2. The summed E-state index contributed by atoms with van der Waals surface area (Å²) in [6.07, 6.45) is 3.75. The molecule has 0 bridgehead atoms. The third kappa shape index (κ3) is 5.43. The van der Waals surface area contributed by atoms with Crippen molar-refractivity contribution in [1.29, 1.82) is 0 Å². The van der Waals surface area contributed by atoms with Gasteiger partial charge in [0.05, 0.1) is 12.9 Å². The molecular formula is C25H35N5O3. The van der Waals surface area contributed by atoms with Crippen molar-refractivity contribution in [2.45, 2.75) is 59.0 Å². The maximum Gasteiger partial charge on any atom is 0.273 e. The summed E-state index contributed by atoms with van der Waals surface area (Å²) in [4.78, 5) is 45.3. The summed E-state index contributed by atoms with van der Waals surface area (Å²) in [7, 11) is 0. The molecule has 2 heterocycles. The standard InChI is InChI=1S/C25H35N5O3/c1-5-15-30-23(32)21-20(22(31)26-14-12-19-9-7-6-8-10-19)28-17-29(21)16-25(30,4)24(33)27-13-11-18(2)3/h6-10,17-18H,5,11-16H2,1-4H3,(H,26,31)(H,27,33)/t25-/m0/s1. The van der Waals surface area contributed by atoms with Gasteiger partial charge in [0.2, 0.25) is 5.91 Å². The highest BCUT2D eigenvalue weighted by Gasteiger charge is 2.48. The van der Waals surface area contributed by atoms with Gasteiger partial charge in [-0.15, -0.1) is 0 Å². The van der Waals surface area contributed by atoms with Crippen LogP contribution in [0.15, 0.2) is 36.7 Å². The van der Waals surface area contributed by atoms with Crippen molar-refractivity contribution in [3.63, 3.8) is 0 Å². The number of carbonyl (C=O) groups is 3. The van der Waals surface area contributed by atoms with Gasteiger partial charge in [0.1, 0.15) is 11.2 Å². The summed E-state index contributed by atoms with van der Waals surface area (Å²) in [5, 5.41) is 5.86. The Kier molecular flexibility index (Phi) is 7.89. The Morgan fingerprint density at radius 2 is 1.88 bits per heavy atom. The van der Waals surface area contributed by atoms with Gasteiger partial charge in [0, 0.05) is 19.6 Å². The predicted molar refractivity (Wildman–Crippen MR) is 127 cm³/mol.